The zero-order valence-electron chi connectivity index (χ0n) is 24.7. The minimum absolute atomic E-state index is 0.0408. The lowest BCUT2D eigenvalue weighted by Crippen LogP contribution is -2.55. The fraction of sp³-hybridized carbons (Fsp3) is 0.394. The highest BCUT2D eigenvalue weighted by Gasteiger charge is 2.34. The van der Waals surface area contributed by atoms with Gasteiger partial charge >= 0.3 is 0 Å². The fourth-order valence-electron chi connectivity index (χ4n) is 5.42. The second kappa shape index (κ2) is 15.3. The van der Waals surface area contributed by atoms with E-state index < -0.39 is 28.5 Å². The van der Waals surface area contributed by atoms with Crippen LogP contribution in [0.25, 0.3) is 0 Å². The number of sulfonamides is 1. The van der Waals surface area contributed by atoms with Gasteiger partial charge in [0.1, 0.15) is 18.3 Å². The van der Waals surface area contributed by atoms with Gasteiger partial charge in [-0.15, -0.1) is 0 Å². The summed E-state index contributed by atoms with van der Waals surface area (Å²) in [5.74, 6) is -0.159. The van der Waals surface area contributed by atoms with Crippen molar-refractivity contribution in [3.8, 4) is 5.75 Å². The van der Waals surface area contributed by atoms with Gasteiger partial charge in [-0.3, -0.25) is 13.9 Å². The maximum atomic E-state index is 14.2. The Bertz CT molecular complexity index is 1460. The second-order valence-electron chi connectivity index (χ2n) is 10.9. The summed E-state index contributed by atoms with van der Waals surface area (Å²) >= 11 is 6.29. The molecule has 1 N–H and O–H groups in total. The molecule has 0 radical (unpaired) electrons. The van der Waals surface area contributed by atoms with Crippen molar-refractivity contribution in [1.29, 1.82) is 0 Å². The molecule has 43 heavy (non-hydrogen) atoms. The smallest absolute Gasteiger partial charge is 0.244 e. The largest absolute Gasteiger partial charge is 0.494 e. The van der Waals surface area contributed by atoms with E-state index in [0.717, 1.165) is 53.8 Å². The average molecular weight is 626 g/mol. The summed E-state index contributed by atoms with van der Waals surface area (Å²) in [6.07, 6.45) is 6.36. The van der Waals surface area contributed by atoms with E-state index in [9.17, 15) is 18.0 Å². The van der Waals surface area contributed by atoms with Crippen molar-refractivity contribution in [2.24, 2.45) is 0 Å². The number of nitrogens with zero attached hydrogens (tertiary/aromatic N) is 2. The van der Waals surface area contributed by atoms with E-state index >= 15 is 0 Å². The van der Waals surface area contributed by atoms with Crippen molar-refractivity contribution in [2.45, 2.75) is 64.1 Å². The zero-order chi connectivity index (χ0) is 30.8. The van der Waals surface area contributed by atoms with Crippen molar-refractivity contribution >= 4 is 39.1 Å². The van der Waals surface area contributed by atoms with Crippen LogP contribution >= 0.6 is 11.6 Å². The molecule has 1 saturated carbocycles. The molecule has 4 rings (SSSR count). The Morgan fingerprint density at radius 3 is 2.26 bits per heavy atom. The number of carbonyl (C=O) groups excluding carboxylic acids is 2. The topological polar surface area (TPSA) is 96.0 Å². The molecule has 0 heterocycles. The van der Waals surface area contributed by atoms with E-state index in [4.69, 9.17) is 16.3 Å². The lowest BCUT2D eigenvalue weighted by atomic mass is 9.94. The molecule has 0 bridgehead atoms. The molecule has 1 aliphatic rings. The third-order valence-electron chi connectivity index (χ3n) is 7.58. The molecule has 3 aromatic carbocycles. The Labute approximate surface area is 260 Å². The van der Waals surface area contributed by atoms with Crippen LogP contribution in [0.4, 0.5) is 5.69 Å². The summed E-state index contributed by atoms with van der Waals surface area (Å²) in [5.41, 5.74) is 1.95. The highest BCUT2D eigenvalue weighted by molar-refractivity contribution is 7.92. The molecule has 8 nitrogen and oxygen atoms in total. The quantitative estimate of drug-likeness (QED) is 0.267. The average Bonchev–Trinajstić information content (AvgIpc) is 2.99. The first kappa shape index (κ1) is 32.4. The molecule has 0 spiro atoms. The van der Waals surface area contributed by atoms with Crippen molar-refractivity contribution in [3.63, 3.8) is 0 Å². The van der Waals surface area contributed by atoms with Crippen LogP contribution in [0.5, 0.6) is 5.75 Å². The number of rotatable bonds is 13. The van der Waals surface area contributed by atoms with Crippen LogP contribution in [0.3, 0.4) is 0 Å². The monoisotopic (exact) mass is 625 g/mol. The summed E-state index contributed by atoms with van der Waals surface area (Å²) in [5, 5.41) is 3.70. The highest BCUT2D eigenvalue weighted by Crippen LogP contribution is 2.24. The Morgan fingerprint density at radius 1 is 0.953 bits per heavy atom. The number of anilines is 1. The number of benzene rings is 3. The molecule has 0 saturated heterocycles. The maximum Gasteiger partial charge on any atom is 0.244 e. The molecule has 230 valence electrons. The SMILES string of the molecule is CCOc1ccc(N(CC(=O)N(Cc2cccc(Cl)c2)[C@H](Cc2ccccc2)C(=O)NC2CCCCC2)S(C)(=O)=O)cc1. The molecule has 0 unspecified atom stereocenters. The first-order valence-corrected chi connectivity index (χ1v) is 17.0. The number of hydrogen-bond acceptors (Lipinski definition) is 5. The van der Waals surface area contributed by atoms with Gasteiger partial charge in [-0.1, -0.05) is 73.3 Å². The minimum atomic E-state index is -3.86. The van der Waals surface area contributed by atoms with Gasteiger partial charge in [0.05, 0.1) is 18.6 Å². The van der Waals surface area contributed by atoms with Crippen LogP contribution in [-0.2, 0) is 32.6 Å². The third-order valence-corrected chi connectivity index (χ3v) is 8.96. The number of hydrogen-bond donors (Lipinski definition) is 1. The van der Waals surface area contributed by atoms with Crippen LogP contribution in [0.2, 0.25) is 5.02 Å². The van der Waals surface area contributed by atoms with Gasteiger partial charge < -0.3 is 15.0 Å². The third kappa shape index (κ3) is 9.46. The number of amides is 2. The molecule has 3 aromatic rings. The molecule has 1 aliphatic carbocycles. The molecular formula is C33H40ClN3O5S. The van der Waals surface area contributed by atoms with Gasteiger partial charge in [0, 0.05) is 24.0 Å². The van der Waals surface area contributed by atoms with E-state index in [2.05, 4.69) is 5.32 Å². The Morgan fingerprint density at radius 2 is 1.63 bits per heavy atom. The molecule has 0 aliphatic heterocycles. The van der Waals surface area contributed by atoms with E-state index in [1.807, 2.05) is 43.3 Å². The van der Waals surface area contributed by atoms with E-state index in [1.165, 1.54) is 4.90 Å². The number of nitrogens with one attached hydrogen (secondary N) is 1. The Balaban J connectivity index is 1.70. The van der Waals surface area contributed by atoms with Gasteiger partial charge in [0.2, 0.25) is 21.8 Å². The predicted molar refractivity (Wildman–Crippen MR) is 171 cm³/mol. The molecule has 2 amide bonds. The summed E-state index contributed by atoms with van der Waals surface area (Å²) in [7, 11) is -3.86. The van der Waals surface area contributed by atoms with Gasteiger partial charge in [-0.2, -0.15) is 0 Å². The lowest BCUT2D eigenvalue weighted by molar-refractivity contribution is -0.140. The predicted octanol–water partition coefficient (Wildman–Crippen LogP) is 5.59. The molecular weight excluding hydrogens is 586 g/mol. The van der Waals surface area contributed by atoms with Gasteiger partial charge in [0.25, 0.3) is 0 Å². The lowest BCUT2D eigenvalue weighted by Gasteiger charge is -2.35. The molecule has 10 heteroatoms. The van der Waals surface area contributed by atoms with Crippen LogP contribution in [0.15, 0.2) is 78.9 Å². The van der Waals surface area contributed by atoms with E-state index in [0.29, 0.717) is 23.1 Å². The number of halogens is 1. The highest BCUT2D eigenvalue weighted by atomic mass is 35.5. The number of ether oxygens (including phenoxy) is 1. The maximum absolute atomic E-state index is 14.2. The van der Waals surface area contributed by atoms with Crippen LogP contribution in [0, 0.1) is 0 Å². The Hall–Kier alpha value is -3.56. The summed E-state index contributed by atoms with van der Waals surface area (Å²) in [4.78, 5) is 29.7. The molecule has 0 aromatic heterocycles. The van der Waals surface area contributed by atoms with Gasteiger partial charge in [-0.25, -0.2) is 8.42 Å². The summed E-state index contributed by atoms with van der Waals surface area (Å²) in [6, 6.07) is 22.4. The van der Waals surface area contributed by atoms with Crippen molar-refractivity contribution in [3.05, 3.63) is 95.0 Å². The first-order chi connectivity index (χ1) is 20.6. The minimum Gasteiger partial charge on any atom is -0.494 e. The standard InChI is InChI=1S/C33H40ClN3O5S/c1-3-42-30-19-17-29(18-20-30)37(43(2,40)41)24-32(38)36(23-26-13-10-14-27(34)21-26)31(22-25-11-6-4-7-12-25)33(39)35-28-15-8-5-9-16-28/h4,6-7,10-14,17-21,28,31H,3,5,8-9,15-16,22-24H2,1-2H3,(H,35,39)/t31-/m1/s1. The molecule has 1 atom stereocenters. The zero-order valence-corrected chi connectivity index (χ0v) is 26.3. The van der Waals surface area contributed by atoms with Crippen LogP contribution < -0.4 is 14.4 Å². The van der Waals surface area contributed by atoms with E-state index in [1.54, 1.807) is 42.5 Å². The van der Waals surface area contributed by atoms with Crippen molar-refractivity contribution in [1.82, 2.24) is 10.2 Å². The second-order valence-corrected chi connectivity index (χ2v) is 13.2. The number of carbonyl (C=O) groups is 2. The first-order valence-electron chi connectivity index (χ1n) is 14.7. The van der Waals surface area contributed by atoms with E-state index in [-0.39, 0.29) is 24.9 Å². The van der Waals surface area contributed by atoms with Crippen molar-refractivity contribution < 1.29 is 22.7 Å². The van der Waals surface area contributed by atoms with Crippen LogP contribution in [-0.4, -0.2) is 56.6 Å². The normalized spacial score (nSPS) is 14.5. The van der Waals surface area contributed by atoms with Gasteiger partial charge in [0.15, 0.2) is 0 Å². The van der Waals surface area contributed by atoms with Crippen molar-refractivity contribution in [2.75, 3.05) is 23.7 Å². The van der Waals surface area contributed by atoms with Crippen LogP contribution in [0.1, 0.15) is 50.2 Å². The summed E-state index contributed by atoms with van der Waals surface area (Å²) in [6.45, 7) is 1.93. The fourth-order valence-corrected chi connectivity index (χ4v) is 6.48. The summed E-state index contributed by atoms with van der Waals surface area (Å²) < 4.78 is 32.5. The van der Waals surface area contributed by atoms with Gasteiger partial charge in [-0.05, 0) is 67.3 Å². The Kier molecular flexibility index (Phi) is 11.5. The molecule has 1 fully saturated rings.